The maximum Gasteiger partial charge on any atom is 0.573 e. The van der Waals surface area contributed by atoms with Gasteiger partial charge in [0.25, 0.3) is 0 Å². The van der Waals surface area contributed by atoms with E-state index in [0.29, 0.717) is 16.1 Å². The fraction of sp³-hybridized carbons (Fsp3) is 0.0769. The molecule has 0 radical (unpaired) electrons. The summed E-state index contributed by atoms with van der Waals surface area (Å²) < 4.78 is 42.3. The minimum absolute atomic E-state index is 0.287. The summed E-state index contributed by atoms with van der Waals surface area (Å²) in [6, 6.07) is 9.00. The normalized spacial score (nSPS) is 11.8. The molecule has 0 bridgehead atoms. The smallest absolute Gasteiger partial charge is 0.406 e. The molecule has 0 fully saturated rings. The van der Waals surface area contributed by atoms with Crippen LogP contribution in [-0.2, 0) is 0 Å². The quantitative estimate of drug-likeness (QED) is 0.728. The van der Waals surface area contributed by atoms with Crippen molar-refractivity contribution in [1.82, 2.24) is 14.5 Å². The average molecular weight is 311 g/mol. The number of ether oxygens (including phenoxy) is 1. The Kier molecular flexibility index (Phi) is 3.17. The van der Waals surface area contributed by atoms with E-state index in [-0.39, 0.29) is 5.75 Å². The van der Waals surface area contributed by atoms with E-state index in [1.165, 1.54) is 24.3 Å². The monoisotopic (exact) mass is 311 g/mol. The number of hydrogen-bond acceptors (Lipinski definition) is 3. The van der Waals surface area contributed by atoms with E-state index >= 15 is 0 Å². The van der Waals surface area contributed by atoms with Gasteiger partial charge in [0.05, 0.1) is 11.2 Å². The maximum atomic E-state index is 12.1. The van der Waals surface area contributed by atoms with E-state index in [0.717, 1.165) is 5.52 Å². The van der Waals surface area contributed by atoms with Crippen LogP contribution < -0.4 is 4.74 Å². The van der Waals surface area contributed by atoms with Gasteiger partial charge in [-0.15, -0.1) is 13.2 Å². The third-order valence-electron chi connectivity index (χ3n) is 2.77. The van der Waals surface area contributed by atoms with Gasteiger partial charge in [-0.3, -0.25) is 4.57 Å². The molecule has 21 heavy (non-hydrogen) atoms. The molecule has 8 heteroatoms. The highest BCUT2D eigenvalue weighted by Gasteiger charge is 2.31. The molecule has 1 N–H and O–H groups in total. The highest BCUT2D eigenvalue weighted by Crippen LogP contribution is 2.25. The zero-order chi connectivity index (χ0) is 15.0. The Morgan fingerprint density at radius 2 is 1.86 bits per heavy atom. The summed E-state index contributed by atoms with van der Waals surface area (Å²) in [6.07, 6.45) is -3.09. The lowest BCUT2D eigenvalue weighted by Gasteiger charge is -2.09. The Hall–Kier alpha value is -2.35. The van der Waals surface area contributed by atoms with E-state index in [1.807, 2.05) is 6.07 Å². The van der Waals surface area contributed by atoms with Crippen LogP contribution in [0.2, 0.25) is 0 Å². The number of imidazole rings is 1. The lowest BCUT2D eigenvalue weighted by Crippen LogP contribution is -2.17. The molecule has 0 atom stereocenters. The fourth-order valence-corrected chi connectivity index (χ4v) is 2.28. The van der Waals surface area contributed by atoms with Gasteiger partial charge < -0.3 is 9.72 Å². The molecule has 0 spiro atoms. The van der Waals surface area contributed by atoms with E-state index in [9.17, 15) is 13.2 Å². The number of pyridine rings is 1. The van der Waals surface area contributed by atoms with Crippen molar-refractivity contribution in [3.05, 3.63) is 47.4 Å². The molecule has 3 rings (SSSR count). The number of hydrogen-bond donors (Lipinski definition) is 1. The summed E-state index contributed by atoms with van der Waals surface area (Å²) in [5.41, 5.74) is 1.95. The first-order valence-electron chi connectivity index (χ1n) is 5.86. The zero-order valence-electron chi connectivity index (χ0n) is 10.4. The largest absolute Gasteiger partial charge is 0.573 e. The molecular weight excluding hydrogens is 303 g/mol. The van der Waals surface area contributed by atoms with Gasteiger partial charge in [-0.25, -0.2) is 4.98 Å². The van der Waals surface area contributed by atoms with Crippen LogP contribution in [0.15, 0.2) is 42.6 Å². The van der Waals surface area contributed by atoms with Gasteiger partial charge in [0.2, 0.25) is 0 Å². The number of aromatic amines is 1. The number of fused-ring (bicyclic) bond motifs is 1. The summed E-state index contributed by atoms with van der Waals surface area (Å²) in [6.45, 7) is 0. The minimum Gasteiger partial charge on any atom is -0.406 e. The Balaban J connectivity index is 2.04. The van der Waals surface area contributed by atoms with Crippen LogP contribution >= 0.6 is 12.2 Å². The van der Waals surface area contributed by atoms with Gasteiger partial charge in [0.15, 0.2) is 10.4 Å². The number of alkyl halides is 3. The van der Waals surface area contributed by atoms with Crippen molar-refractivity contribution in [3.8, 4) is 11.4 Å². The van der Waals surface area contributed by atoms with E-state index in [4.69, 9.17) is 12.2 Å². The highest BCUT2D eigenvalue weighted by molar-refractivity contribution is 7.71. The van der Waals surface area contributed by atoms with Gasteiger partial charge in [-0.1, -0.05) is 0 Å². The van der Waals surface area contributed by atoms with Crippen LogP contribution in [0.5, 0.6) is 5.75 Å². The number of nitrogens with zero attached hydrogens (tertiary/aromatic N) is 2. The number of aromatic nitrogens is 3. The molecule has 0 unspecified atom stereocenters. The SMILES string of the molecule is FC(F)(F)Oc1ccc(-n2c(=S)[nH]c3cccnc32)cc1. The molecule has 4 nitrogen and oxygen atoms in total. The van der Waals surface area contributed by atoms with Crippen molar-refractivity contribution in [3.63, 3.8) is 0 Å². The third kappa shape index (κ3) is 2.75. The zero-order valence-corrected chi connectivity index (χ0v) is 11.2. The number of H-pyrrole nitrogens is 1. The lowest BCUT2D eigenvalue weighted by atomic mass is 10.3. The summed E-state index contributed by atoms with van der Waals surface area (Å²) in [4.78, 5) is 7.20. The van der Waals surface area contributed by atoms with Gasteiger partial charge in [-0.2, -0.15) is 0 Å². The molecule has 0 saturated heterocycles. The molecule has 108 valence electrons. The second kappa shape index (κ2) is 4.88. The van der Waals surface area contributed by atoms with Gasteiger partial charge >= 0.3 is 6.36 Å². The Labute approximate surface area is 121 Å². The van der Waals surface area contributed by atoms with Crippen LogP contribution in [-0.4, -0.2) is 20.9 Å². The standard InChI is InChI=1S/C13H8F3N3OS/c14-13(15,16)20-9-5-3-8(4-6-9)19-11-10(18-12(19)21)2-1-7-17-11/h1-7H,(H,18,21). The van der Waals surface area contributed by atoms with Gasteiger partial charge in [0.1, 0.15) is 5.75 Å². The Morgan fingerprint density at radius 3 is 2.52 bits per heavy atom. The van der Waals surface area contributed by atoms with Crippen LogP contribution in [0.25, 0.3) is 16.9 Å². The number of halogens is 3. The summed E-state index contributed by atoms with van der Waals surface area (Å²) in [5.74, 6) is -0.287. The highest BCUT2D eigenvalue weighted by atomic mass is 32.1. The first-order valence-corrected chi connectivity index (χ1v) is 6.27. The van der Waals surface area contributed by atoms with Crippen molar-refractivity contribution in [2.75, 3.05) is 0 Å². The van der Waals surface area contributed by atoms with Crippen molar-refractivity contribution in [2.24, 2.45) is 0 Å². The van der Waals surface area contributed by atoms with Crippen LogP contribution in [0, 0.1) is 4.77 Å². The van der Waals surface area contributed by atoms with Crippen molar-refractivity contribution < 1.29 is 17.9 Å². The summed E-state index contributed by atoms with van der Waals surface area (Å²) >= 11 is 5.21. The van der Waals surface area contributed by atoms with Crippen molar-refractivity contribution >= 4 is 23.4 Å². The van der Waals surface area contributed by atoms with Crippen molar-refractivity contribution in [1.29, 1.82) is 0 Å². The average Bonchev–Trinajstić information content (AvgIpc) is 2.74. The Morgan fingerprint density at radius 1 is 1.14 bits per heavy atom. The topological polar surface area (TPSA) is 42.8 Å². The van der Waals surface area contributed by atoms with E-state index in [2.05, 4.69) is 14.7 Å². The molecule has 0 saturated carbocycles. The lowest BCUT2D eigenvalue weighted by molar-refractivity contribution is -0.274. The fourth-order valence-electron chi connectivity index (χ4n) is 1.98. The molecule has 0 amide bonds. The first-order chi connectivity index (χ1) is 9.94. The number of nitrogens with one attached hydrogen (secondary N) is 1. The second-order valence-electron chi connectivity index (χ2n) is 4.18. The number of benzene rings is 1. The predicted octanol–water partition coefficient (Wildman–Crippen LogP) is 3.98. The predicted molar refractivity (Wildman–Crippen MR) is 72.9 cm³/mol. The van der Waals surface area contributed by atoms with Crippen LogP contribution in [0.4, 0.5) is 13.2 Å². The molecule has 0 aliphatic rings. The van der Waals surface area contributed by atoms with Gasteiger partial charge in [0, 0.05) is 6.20 Å². The first kappa shape index (κ1) is 13.6. The van der Waals surface area contributed by atoms with E-state index < -0.39 is 6.36 Å². The molecule has 1 aromatic carbocycles. The summed E-state index contributed by atoms with van der Waals surface area (Å²) in [5, 5.41) is 0. The minimum atomic E-state index is -4.71. The Bertz CT molecular complexity index is 836. The number of rotatable bonds is 2. The molecular formula is C13H8F3N3OS. The molecule has 3 aromatic rings. The van der Waals surface area contributed by atoms with E-state index in [1.54, 1.807) is 16.8 Å². The summed E-state index contributed by atoms with van der Waals surface area (Å²) in [7, 11) is 0. The van der Waals surface area contributed by atoms with Gasteiger partial charge in [-0.05, 0) is 48.6 Å². The van der Waals surface area contributed by atoms with Crippen LogP contribution in [0.1, 0.15) is 0 Å². The third-order valence-corrected chi connectivity index (χ3v) is 3.06. The van der Waals surface area contributed by atoms with Crippen molar-refractivity contribution in [2.45, 2.75) is 6.36 Å². The molecule has 0 aliphatic heterocycles. The maximum absolute atomic E-state index is 12.1. The molecule has 0 aliphatic carbocycles. The van der Waals surface area contributed by atoms with Crippen LogP contribution in [0.3, 0.4) is 0 Å². The second-order valence-corrected chi connectivity index (χ2v) is 4.57. The molecule has 2 aromatic heterocycles. The molecule has 2 heterocycles.